The van der Waals surface area contributed by atoms with Crippen molar-refractivity contribution < 1.29 is 0 Å². The van der Waals surface area contributed by atoms with E-state index in [1.807, 2.05) is 30.5 Å². The number of nitrogens with zero attached hydrogens (tertiary/aromatic N) is 3. The number of rotatable bonds is 4. The van der Waals surface area contributed by atoms with E-state index in [0.717, 1.165) is 50.2 Å². The molecule has 0 spiro atoms. The van der Waals surface area contributed by atoms with Crippen LogP contribution >= 0.6 is 0 Å². The summed E-state index contributed by atoms with van der Waals surface area (Å²) in [7, 11) is 0. The standard InChI is InChI=1S/C14H19N5/c1-2-4-13-12(3-1)11-17-14(18-13)16-7-10-19-8-5-15-6-9-19/h1-4,11,15H,5-10H2,(H,16,17,18). The van der Waals surface area contributed by atoms with Crippen LogP contribution in [0.1, 0.15) is 0 Å². The van der Waals surface area contributed by atoms with Crippen molar-refractivity contribution in [2.45, 2.75) is 0 Å². The molecule has 1 aromatic heterocycles. The molecule has 5 heteroatoms. The molecule has 1 aliphatic heterocycles. The number of aromatic nitrogens is 2. The number of anilines is 1. The zero-order valence-corrected chi connectivity index (χ0v) is 11.0. The fourth-order valence-corrected chi connectivity index (χ4v) is 2.32. The van der Waals surface area contributed by atoms with Gasteiger partial charge in [0, 0.05) is 50.9 Å². The number of hydrogen-bond donors (Lipinski definition) is 2. The monoisotopic (exact) mass is 257 g/mol. The number of piperazine rings is 1. The van der Waals surface area contributed by atoms with Crippen molar-refractivity contribution in [3.8, 4) is 0 Å². The average Bonchev–Trinajstić information content (AvgIpc) is 2.48. The molecule has 19 heavy (non-hydrogen) atoms. The molecule has 1 saturated heterocycles. The Morgan fingerprint density at radius 3 is 2.95 bits per heavy atom. The van der Waals surface area contributed by atoms with E-state index in [2.05, 4.69) is 25.5 Å². The quantitative estimate of drug-likeness (QED) is 0.854. The first-order chi connectivity index (χ1) is 9.42. The Labute approximate surface area is 113 Å². The van der Waals surface area contributed by atoms with E-state index in [-0.39, 0.29) is 0 Å². The Morgan fingerprint density at radius 1 is 1.21 bits per heavy atom. The van der Waals surface area contributed by atoms with E-state index >= 15 is 0 Å². The first kappa shape index (κ1) is 12.3. The number of benzene rings is 1. The zero-order chi connectivity index (χ0) is 12.9. The van der Waals surface area contributed by atoms with Gasteiger partial charge in [0.1, 0.15) is 0 Å². The Bertz CT molecular complexity index is 536. The molecule has 1 fully saturated rings. The van der Waals surface area contributed by atoms with Gasteiger partial charge in [0.05, 0.1) is 5.52 Å². The van der Waals surface area contributed by atoms with E-state index in [9.17, 15) is 0 Å². The molecule has 2 heterocycles. The van der Waals surface area contributed by atoms with E-state index in [1.54, 1.807) is 0 Å². The Kier molecular flexibility index (Phi) is 3.86. The van der Waals surface area contributed by atoms with Crippen molar-refractivity contribution in [1.82, 2.24) is 20.2 Å². The molecule has 0 amide bonds. The minimum absolute atomic E-state index is 0.717. The van der Waals surface area contributed by atoms with Gasteiger partial charge in [-0.3, -0.25) is 4.90 Å². The molecule has 0 atom stereocenters. The van der Waals surface area contributed by atoms with Crippen LogP contribution in [0.4, 0.5) is 5.95 Å². The summed E-state index contributed by atoms with van der Waals surface area (Å²) < 4.78 is 0. The van der Waals surface area contributed by atoms with Gasteiger partial charge in [-0.2, -0.15) is 0 Å². The van der Waals surface area contributed by atoms with Crippen LogP contribution in [0.2, 0.25) is 0 Å². The lowest BCUT2D eigenvalue weighted by Gasteiger charge is -2.27. The molecule has 0 aliphatic carbocycles. The minimum atomic E-state index is 0.717. The number of hydrogen-bond acceptors (Lipinski definition) is 5. The van der Waals surface area contributed by atoms with Crippen molar-refractivity contribution in [1.29, 1.82) is 0 Å². The number of fused-ring (bicyclic) bond motifs is 1. The molecule has 0 radical (unpaired) electrons. The van der Waals surface area contributed by atoms with Gasteiger partial charge in [-0.25, -0.2) is 9.97 Å². The van der Waals surface area contributed by atoms with Crippen molar-refractivity contribution in [2.24, 2.45) is 0 Å². The number of para-hydroxylation sites is 1. The summed E-state index contributed by atoms with van der Waals surface area (Å²) in [5.41, 5.74) is 0.988. The van der Waals surface area contributed by atoms with Gasteiger partial charge in [-0.05, 0) is 6.07 Å². The molecule has 0 unspecified atom stereocenters. The first-order valence-corrected chi connectivity index (χ1v) is 6.80. The fourth-order valence-electron chi connectivity index (χ4n) is 2.32. The number of nitrogens with one attached hydrogen (secondary N) is 2. The first-order valence-electron chi connectivity index (χ1n) is 6.80. The predicted molar refractivity (Wildman–Crippen MR) is 77.3 cm³/mol. The molecule has 5 nitrogen and oxygen atoms in total. The highest BCUT2D eigenvalue weighted by atomic mass is 15.2. The van der Waals surface area contributed by atoms with Crippen molar-refractivity contribution in [3.63, 3.8) is 0 Å². The summed E-state index contributed by atoms with van der Waals surface area (Å²) in [5, 5.41) is 7.73. The van der Waals surface area contributed by atoms with Crippen LogP contribution < -0.4 is 10.6 Å². The largest absolute Gasteiger partial charge is 0.353 e. The minimum Gasteiger partial charge on any atom is -0.353 e. The summed E-state index contributed by atoms with van der Waals surface area (Å²) in [4.78, 5) is 11.3. The Balaban J connectivity index is 1.56. The second-order valence-electron chi connectivity index (χ2n) is 4.77. The van der Waals surface area contributed by atoms with Crippen molar-refractivity contribution in [2.75, 3.05) is 44.6 Å². The van der Waals surface area contributed by atoms with Gasteiger partial charge in [0.15, 0.2) is 0 Å². The molecule has 2 aromatic rings. The topological polar surface area (TPSA) is 53.1 Å². The summed E-state index contributed by atoms with van der Waals surface area (Å²) in [6.07, 6.45) is 1.87. The lowest BCUT2D eigenvalue weighted by Crippen LogP contribution is -2.45. The molecule has 100 valence electrons. The van der Waals surface area contributed by atoms with E-state index in [0.29, 0.717) is 5.95 Å². The highest BCUT2D eigenvalue weighted by molar-refractivity contribution is 5.78. The van der Waals surface area contributed by atoms with E-state index in [1.165, 1.54) is 0 Å². The molecule has 3 rings (SSSR count). The fraction of sp³-hybridized carbons (Fsp3) is 0.429. The zero-order valence-electron chi connectivity index (χ0n) is 11.0. The van der Waals surface area contributed by atoms with Crippen LogP contribution in [0.3, 0.4) is 0 Å². The molecule has 0 saturated carbocycles. The average molecular weight is 257 g/mol. The van der Waals surface area contributed by atoms with Crippen LogP contribution in [0.25, 0.3) is 10.9 Å². The third-order valence-corrected chi connectivity index (χ3v) is 3.41. The molecular formula is C14H19N5. The van der Waals surface area contributed by atoms with Gasteiger partial charge in [0.2, 0.25) is 5.95 Å². The van der Waals surface area contributed by atoms with Crippen molar-refractivity contribution >= 4 is 16.9 Å². The van der Waals surface area contributed by atoms with Crippen LogP contribution in [0.15, 0.2) is 30.5 Å². The van der Waals surface area contributed by atoms with Crippen molar-refractivity contribution in [3.05, 3.63) is 30.5 Å². The van der Waals surface area contributed by atoms with Gasteiger partial charge in [-0.15, -0.1) is 0 Å². The second kappa shape index (κ2) is 5.95. The maximum atomic E-state index is 4.50. The highest BCUT2D eigenvalue weighted by Crippen LogP contribution is 2.11. The van der Waals surface area contributed by atoms with E-state index < -0.39 is 0 Å². The second-order valence-corrected chi connectivity index (χ2v) is 4.77. The van der Waals surface area contributed by atoms with Crippen LogP contribution in [-0.4, -0.2) is 54.1 Å². The third kappa shape index (κ3) is 3.19. The lowest BCUT2D eigenvalue weighted by atomic mass is 10.2. The van der Waals surface area contributed by atoms with Gasteiger partial charge in [0.25, 0.3) is 0 Å². The molecule has 1 aromatic carbocycles. The third-order valence-electron chi connectivity index (χ3n) is 3.41. The normalized spacial score (nSPS) is 16.6. The maximum absolute atomic E-state index is 4.50. The lowest BCUT2D eigenvalue weighted by molar-refractivity contribution is 0.249. The van der Waals surface area contributed by atoms with E-state index in [4.69, 9.17) is 0 Å². The SMILES string of the molecule is c1ccc2nc(NCCN3CCNCC3)ncc2c1. The predicted octanol–water partition coefficient (Wildman–Crippen LogP) is 0.947. The highest BCUT2D eigenvalue weighted by Gasteiger charge is 2.08. The van der Waals surface area contributed by atoms with Gasteiger partial charge >= 0.3 is 0 Å². The molecule has 1 aliphatic rings. The van der Waals surface area contributed by atoms with Crippen LogP contribution in [0.5, 0.6) is 0 Å². The maximum Gasteiger partial charge on any atom is 0.223 e. The smallest absolute Gasteiger partial charge is 0.223 e. The Hall–Kier alpha value is -1.72. The Morgan fingerprint density at radius 2 is 2.05 bits per heavy atom. The summed E-state index contributed by atoms with van der Waals surface area (Å²) in [6.45, 7) is 6.36. The summed E-state index contributed by atoms with van der Waals surface area (Å²) >= 11 is 0. The summed E-state index contributed by atoms with van der Waals surface area (Å²) in [5.74, 6) is 0.717. The van der Waals surface area contributed by atoms with Crippen LogP contribution in [-0.2, 0) is 0 Å². The van der Waals surface area contributed by atoms with Crippen LogP contribution in [0, 0.1) is 0 Å². The van der Waals surface area contributed by atoms with Gasteiger partial charge < -0.3 is 10.6 Å². The molecule has 2 N–H and O–H groups in total. The molecular weight excluding hydrogens is 238 g/mol. The van der Waals surface area contributed by atoms with Gasteiger partial charge in [-0.1, -0.05) is 18.2 Å². The summed E-state index contributed by atoms with van der Waals surface area (Å²) in [6, 6.07) is 8.04. The molecule has 0 bridgehead atoms.